The third kappa shape index (κ3) is 2.77. The van der Waals surface area contributed by atoms with Gasteiger partial charge in [-0.05, 0) is 26.0 Å². The topological polar surface area (TPSA) is 47.9 Å². The predicted octanol–water partition coefficient (Wildman–Crippen LogP) is 1.83. The molecule has 0 bridgehead atoms. The first-order valence-corrected chi connectivity index (χ1v) is 5.40. The molecule has 1 aromatic rings. The van der Waals surface area contributed by atoms with Crippen LogP contribution in [0.3, 0.4) is 0 Å². The highest BCUT2D eigenvalue weighted by molar-refractivity contribution is 5.41. The molecule has 0 amide bonds. The minimum atomic E-state index is -1.28. The fourth-order valence-corrected chi connectivity index (χ4v) is 1.90. The van der Waals surface area contributed by atoms with Gasteiger partial charge in [-0.25, -0.2) is 0 Å². The average Bonchev–Trinajstić information content (AvgIpc) is 2.30. The maximum Gasteiger partial charge on any atom is 0.189 e. The van der Waals surface area contributed by atoms with Gasteiger partial charge in [0.05, 0.1) is 7.11 Å². The number of methoxy groups -OCH3 is 3. The molecule has 0 saturated heterocycles. The molecule has 96 valence electrons. The van der Waals surface area contributed by atoms with Crippen molar-refractivity contribution in [1.82, 2.24) is 0 Å². The second-order valence-corrected chi connectivity index (χ2v) is 4.15. The Morgan fingerprint density at radius 3 is 2.24 bits per heavy atom. The number of rotatable bonds is 5. The highest BCUT2D eigenvalue weighted by Crippen LogP contribution is 2.34. The van der Waals surface area contributed by atoms with Gasteiger partial charge < -0.3 is 19.3 Å². The van der Waals surface area contributed by atoms with Gasteiger partial charge in [0, 0.05) is 19.8 Å². The van der Waals surface area contributed by atoms with Crippen molar-refractivity contribution in [1.29, 1.82) is 0 Å². The SMILES string of the molecule is COc1ccc(C)cc1C(C)(O)C(OC)OC. The highest BCUT2D eigenvalue weighted by atomic mass is 16.7. The van der Waals surface area contributed by atoms with Crippen molar-refractivity contribution in [3.8, 4) is 5.75 Å². The molecular weight excluding hydrogens is 220 g/mol. The van der Waals surface area contributed by atoms with Crippen molar-refractivity contribution in [3.63, 3.8) is 0 Å². The molecule has 1 aromatic carbocycles. The van der Waals surface area contributed by atoms with Crippen molar-refractivity contribution in [2.45, 2.75) is 25.7 Å². The molecule has 1 rings (SSSR count). The van der Waals surface area contributed by atoms with Crippen molar-refractivity contribution < 1.29 is 19.3 Å². The van der Waals surface area contributed by atoms with Gasteiger partial charge in [0.25, 0.3) is 0 Å². The first-order valence-electron chi connectivity index (χ1n) is 5.40. The molecule has 0 spiro atoms. The van der Waals surface area contributed by atoms with E-state index in [4.69, 9.17) is 14.2 Å². The number of hydrogen-bond acceptors (Lipinski definition) is 4. The van der Waals surface area contributed by atoms with Crippen LogP contribution in [0.5, 0.6) is 5.75 Å². The van der Waals surface area contributed by atoms with Crippen LogP contribution in [0.4, 0.5) is 0 Å². The zero-order valence-electron chi connectivity index (χ0n) is 11.0. The zero-order valence-corrected chi connectivity index (χ0v) is 11.0. The lowest BCUT2D eigenvalue weighted by molar-refractivity contribution is -0.213. The Kier molecular flexibility index (Phi) is 4.51. The monoisotopic (exact) mass is 240 g/mol. The Morgan fingerprint density at radius 1 is 1.18 bits per heavy atom. The second-order valence-electron chi connectivity index (χ2n) is 4.15. The van der Waals surface area contributed by atoms with Crippen LogP contribution >= 0.6 is 0 Å². The fourth-order valence-electron chi connectivity index (χ4n) is 1.90. The van der Waals surface area contributed by atoms with E-state index in [0.29, 0.717) is 11.3 Å². The van der Waals surface area contributed by atoms with Gasteiger partial charge in [0.2, 0.25) is 0 Å². The minimum Gasteiger partial charge on any atom is -0.496 e. The Bertz CT molecular complexity index is 370. The predicted molar refractivity (Wildman–Crippen MR) is 65.1 cm³/mol. The van der Waals surface area contributed by atoms with E-state index in [9.17, 15) is 5.11 Å². The van der Waals surface area contributed by atoms with Gasteiger partial charge in [-0.2, -0.15) is 0 Å². The molecule has 0 aliphatic heterocycles. The van der Waals surface area contributed by atoms with E-state index in [1.807, 2.05) is 25.1 Å². The smallest absolute Gasteiger partial charge is 0.189 e. The van der Waals surface area contributed by atoms with E-state index >= 15 is 0 Å². The molecule has 0 aliphatic rings. The molecule has 17 heavy (non-hydrogen) atoms. The van der Waals surface area contributed by atoms with Crippen LogP contribution in [0, 0.1) is 6.92 Å². The summed E-state index contributed by atoms with van der Waals surface area (Å²) in [6, 6.07) is 5.61. The van der Waals surface area contributed by atoms with Crippen LogP contribution in [0.15, 0.2) is 18.2 Å². The summed E-state index contributed by atoms with van der Waals surface area (Å²) >= 11 is 0. The first kappa shape index (κ1) is 14.0. The fraction of sp³-hybridized carbons (Fsp3) is 0.538. The van der Waals surface area contributed by atoms with Gasteiger partial charge in [-0.3, -0.25) is 0 Å². The molecule has 1 atom stereocenters. The molecule has 0 aliphatic carbocycles. The first-order chi connectivity index (χ1) is 7.97. The summed E-state index contributed by atoms with van der Waals surface area (Å²) in [4.78, 5) is 0. The maximum atomic E-state index is 10.6. The van der Waals surface area contributed by atoms with Crippen LogP contribution in [0.25, 0.3) is 0 Å². The van der Waals surface area contributed by atoms with Crippen molar-refractivity contribution >= 4 is 0 Å². The molecule has 0 aromatic heterocycles. The van der Waals surface area contributed by atoms with Gasteiger partial charge in [0.15, 0.2) is 6.29 Å². The molecule has 0 heterocycles. The van der Waals surface area contributed by atoms with E-state index in [1.54, 1.807) is 14.0 Å². The van der Waals surface area contributed by atoms with E-state index < -0.39 is 11.9 Å². The van der Waals surface area contributed by atoms with Gasteiger partial charge in [-0.1, -0.05) is 11.6 Å². The number of hydrogen-bond donors (Lipinski definition) is 1. The third-order valence-electron chi connectivity index (χ3n) is 2.79. The molecule has 1 unspecified atom stereocenters. The van der Waals surface area contributed by atoms with E-state index in [2.05, 4.69) is 0 Å². The average molecular weight is 240 g/mol. The molecule has 0 saturated carbocycles. The summed E-state index contributed by atoms with van der Waals surface area (Å²) < 4.78 is 15.5. The van der Waals surface area contributed by atoms with Crippen LogP contribution < -0.4 is 4.74 Å². The Labute approximate surface area is 102 Å². The Balaban J connectivity index is 3.24. The number of ether oxygens (including phenoxy) is 3. The van der Waals surface area contributed by atoms with Gasteiger partial charge in [-0.15, -0.1) is 0 Å². The summed E-state index contributed by atoms with van der Waals surface area (Å²) in [5.41, 5.74) is 0.404. The largest absolute Gasteiger partial charge is 0.496 e. The van der Waals surface area contributed by atoms with Crippen molar-refractivity contribution in [2.75, 3.05) is 21.3 Å². The highest BCUT2D eigenvalue weighted by Gasteiger charge is 2.36. The Hall–Kier alpha value is -1.10. The summed E-state index contributed by atoms with van der Waals surface area (Å²) in [5.74, 6) is 0.611. The minimum absolute atomic E-state index is 0.611. The Morgan fingerprint density at radius 2 is 1.76 bits per heavy atom. The van der Waals surface area contributed by atoms with Gasteiger partial charge in [0.1, 0.15) is 11.4 Å². The van der Waals surface area contributed by atoms with Crippen LogP contribution in [-0.2, 0) is 15.1 Å². The van der Waals surface area contributed by atoms with Crippen LogP contribution in [0.2, 0.25) is 0 Å². The lowest BCUT2D eigenvalue weighted by Crippen LogP contribution is -2.39. The van der Waals surface area contributed by atoms with Gasteiger partial charge >= 0.3 is 0 Å². The number of aryl methyl sites for hydroxylation is 1. The number of aliphatic hydroxyl groups is 1. The van der Waals surface area contributed by atoms with Crippen molar-refractivity contribution in [3.05, 3.63) is 29.3 Å². The normalized spacial score (nSPS) is 14.8. The lowest BCUT2D eigenvalue weighted by atomic mass is 9.93. The maximum absolute atomic E-state index is 10.6. The molecule has 0 radical (unpaired) electrons. The molecule has 0 fully saturated rings. The zero-order chi connectivity index (χ0) is 13.1. The lowest BCUT2D eigenvalue weighted by Gasteiger charge is -2.32. The third-order valence-corrected chi connectivity index (χ3v) is 2.79. The van der Waals surface area contributed by atoms with Crippen molar-refractivity contribution in [2.24, 2.45) is 0 Å². The molecule has 4 heteroatoms. The van der Waals surface area contributed by atoms with E-state index in [1.165, 1.54) is 14.2 Å². The quantitative estimate of drug-likeness (QED) is 0.798. The summed E-state index contributed by atoms with van der Waals surface area (Å²) in [5, 5.41) is 10.6. The standard InChI is InChI=1S/C13H20O4/c1-9-6-7-11(15-3)10(8-9)13(2,14)12(16-4)17-5/h6-8,12,14H,1-5H3. The molecule has 4 nitrogen and oxygen atoms in total. The summed E-state index contributed by atoms with van der Waals surface area (Å²) in [6.07, 6.45) is -0.752. The van der Waals surface area contributed by atoms with Crippen LogP contribution in [0.1, 0.15) is 18.1 Å². The molecule has 1 N–H and O–H groups in total. The van der Waals surface area contributed by atoms with E-state index in [0.717, 1.165) is 5.56 Å². The summed E-state index contributed by atoms with van der Waals surface area (Å²) in [6.45, 7) is 3.59. The summed E-state index contributed by atoms with van der Waals surface area (Å²) in [7, 11) is 4.55. The van der Waals surface area contributed by atoms with E-state index in [-0.39, 0.29) is 0 Å². The molecular formula is C13H20O4. The number of benzene rings is 1. The second kappa shape index (κ2) is 5.49. The van der Waals surface area contributed by atoms with Crippen LogP contribution in [-0.4, -0.2) is 32.7 Å².